The van der Waals surface area contributed by atoms with Gasteiger partial charge in [-0.2, -0.15) is 0 Å². The molecule has 0 aliphatic heterocycles. The van der Waals surface area contributed by atoms with Crippen molar-refractivity contribution in [3.63, 3.8) is 0 Å². The van der Waals surface area contributed by atoms with Crippen LogP contribution in [0.25, 0.3) is 10.9 Å². The number of para-hydroxylation sites is 1. The molecule has 3 heteroatoms. The number of nitrogens with zero attached hydrogens (tertiary/aromatic N) is 2. The molecule has 1 heterocycles. The largest absolute Gasteiger partial charge is 0.393 e. The van der Waals surface area contributed by atoms with Crippen LogP contribution in [0.1, 0.15) is 18.5 Å². The number of fused-ring (bicyclic) bond motifs is 1. The van der Waals surface area contributed by atoms with Crippen molar-refractivity contribution in [2.45, 2.75) is 31.5 Å². The summed E-state index contributed by atoms with van der Waals surface area (Å²) < 4.78 is 2.26. The van der Waals surface area contributed by atoms with Gasteiger partial charge in [-0.1, -0.05) is 18.2 Å². The Labute approximate surface area is 108 Å². The molecule has 2 aromatic rings. The molecule has 0 bridgehead atoms. The summed E-state index contributed by atoms with van der Waals surface area (Å²) in [6.07, 6.45) is 1.76. The Kier molecular flexibility index (Phi) is 2.88. The van der Waals surface area contributed by atoms with Gasteiger partial charge in [-0.25, -0.2) is 0 Å². The molecule has 96 valence electrons. The lowest BCUT2D eigenvalue weighted by Gasteiger charge is -2.38. The second-order valence-electron chi connectivity index (χ2n) is 5.45. The van der Waals surface area contributed by atoms with Crippen molar-refractivity contribution < 1.29 is 5.11 Å². The lowest BCUT2D eigenvalue weighted by Crippen LogP contribution is -2.44. The average Bonchev–Trinajstić information content (AvgIpc) is 2.63. The highest BCUT2D eigenvalue weighted by Crippen LogP contribution is 2.27. The van der Waals surface area contributed by atoms with Crippen LogP contribution in [-0.2, 0) is 13.6 Å². The Morgan fingerprint density at radius 1 is 1.33 bits per heavy atom. The van der Waals surface area contributed by atoms with Crippen molar-refractivity contribution in [1.82, 2.24) is 9.47 Å². The van der Waals surface area contributed by atoms with Crippen LogP contribution in [0.5, 0.6) is 0 Å². The molecule has 1 fully saturated rings. The highest BCUT2D eigenvalue weighted by Gasteiger charge is 2.30. The molecule has 1 aliphatic carbocycles. The fourth-order valence-electron chi connectivity index (χ4n) is 2.80. The van der Waals surface area contributed by atoms with E-state index in [0.717, 1.165) is 19.4 Å². The Morgan fingerprint density at radius 2 is 2.06 bits per heavy atom. The monoisotopic (exact) mass is 244 g/mol. The van der Waals surface area contributed by atoms with Gasteiger partial charge >= 0.3 is 0 Å². The van der Waals surface area contributed by atoms with E-state index in [9.17, 15) is 5.11 Å². The lowest BCUT2D eigenvalue weighted by molar-refractivity contribution is 0.00862. The van der Waals surface area contributed by atoms with Crippen LogP contribution in [0.4, 0.5) is 0 Å². The maximum absolute atomic E-state index is 9.37. The summed E-state index contributed by atoms with van der Waals surface area (Å²) in [4.78, 5) is 2.35. The molecule has 1 N–H and O–H groups in total. The van der Waals surface area contributed by atoms with Crippen LogP contribution in [0.3, 0.4) is 0 Å². The normalized spacial score (nSPS) is 23.6. The van der Waals surface area contributed by atoms with Crippen molar-refractivity contribution >= 4 is 10.9 Å². The van der Waals surface area contributed by atoms with Gasteiger partial charge in [0.2, 0.25) is 0 Å². The molecule has 1 aromatic carbocycles. The van der Waals surface area contributed by atoms with Gasteiger partial charge in [0.25, 0.3) is 0 Å². The number of aryl methyl sites for hydroxylation is 1. The van der Waals surface area contributed by atoms with E-state index in [1.807, 2.05) is 0 Å². The van der Waals surface area contributed by atoms with Gasteiger partial charge < -0.3 is 9.67 Å². The van der Waals surface area contributed by atoms with E-state index in [0.29, 0.717) is 6.04 Å². The first-order chi connectivity index (χ1) is 8.65. The van der Waals surface area contributed by atoms with E-state index in [-0.39, 0.29) is 6.10 Å². The summed E-state index contributed by atoms with van der Waals surface area (Å²) in [5.74, 6) is 0. The molecular weight excluding hydrogens is 224 g/mol. The molecule has 18 heavy (non-hydrogen) atoms. The summed E-state index contributed by atoms with van der Waals surface area (Å²) in [5.41, 5.74) is 2.62. The first kappa shape index (κ1) is 11.8. The van der Waals surface area contributed by atoms with E-state index in [1.54, 1.807) is 0 Å². The van der Waals surface area contributed by atoms with Crippen LogP contribution < -0.4 is 0 Å². The van der Waals surface area contributed by atoms with E-state index in [4.69, 9.17) is 0 Å². The SMILES string of the molecule is CN(Cc1cc2ccccc2n1C)C1CC(O)C1. The minimum absolute atomic E-state index is 0.0788. The summed E-state index contributed by atoms with van der Waals surface area (Å²) >= 11 is 0. The second-order valence-corrected chi connectivity index (χ2v) is 5.45. The van der Waals surface area contributed by atoms with Crippen LogP contribution in [-0.4, -0.2) is 33.8 Å². The second kappa shape index (κ2) is 4.41. The van der Waals surface area contributed by atoms with Gasteiger partial charge in [0.05, 0.1) is 6.10 Å². The summed E-state index contributed by atoms with van der Waals surface area (Å²) in [6, 6.07) is 11.3. The molecule has 0 amide bonds. The minimum Gasteiger partial charge on any atom is -0.393 e. The van der Waals surface area contributed by atoms with Gasteiger partial charge in [-0.15, -0.1) is 0 Å². The minimum atomic E-state index is -0.0788. The zero-order valence-electron chi connectivity index (χ0n) is 11.0. The molecule has 0 atom stereocenters. The van der Waals surface area contributed by atoms with E-state index in [2.05, 4.69) is 53.9 Å². The van der Waals surface area contributed by atoms with Gasteiger partial charge in [0, 0.05) is 30.8 Å². The maximum Gasteiger partial charge on any atom is 0.0570 e. The van der Waals surface area contributed by atoms with Crippen molar-refractivity contribution in [3.8, 4) is 0 Å². The van der Waals surface area contributed by atoms with Crippen molar-refractivity contribution in [3.05, 3.63) is 36.0 Å². The van der Waals surface area contributed by atoms with Crippen LogP contribution in [0, 0.1) is 0 Å². The zero-order valence-corrected chi connectivity index (χ0v) is 11.0. The molecule has 1 saturated carbocycles. The van der Waals surface area contributed by atoms with Crippen molar-refractivity contribution in [2.75, 3.05) is 7.05 Å². The predicted molar refractivity (Wildman–Crippen MR) is 73.4 cm³/mol. The van der Waals surface area contributed by atoms with Gasteiger partial charge in [0.1, 0.15) is 0 Å². The Morgan fingerprint density at radius 3 is 2.72 bits per heavy atom. The van der Waals surface area contributed by atoms with Crippen LogP contribution in [0.15, 0.2) is 30.3 Å². The van der Waals surface area contributed by atoms with Crippen LogP contribution >= 0.6 is 0 Å². The Bertz CT molecular complexity index is 555. The first-order valence-electron chi connectivity index (χ1n) is 6.57. The molecule has 3 rings (SSSR count). The van der Waals surface area contributed by atoms with Crippen LogP contribution in [0.2, 0.25) is 0 Å². The lowest BCUT2D eigenvalue weighted by atomic mass is 9.88. The quantitative estimate of drug-likeness (QED) is 0.896. The van der Waals surface area contributed by atoms with E-state index < -0.39 is 0 Å². The zero-order chi connectivity index (χ0) is 12.7. The Hall–Kier alpha value is -1.32. The number of aromatic nitrogens is 1. The molecule has 0 spiro atoms. The molecule has 0 unspecified atom stereocenters. The number of aliphatic hydroxyl groups excluding tert-OH is 1. The van der Waals surface area contributed by atoms with Gasteiger partial charge in [-0.3, -0.25) is 4.90 Å². The number of aliphatic hydroxyl groups is 1. The fraction of sp³-hybridized carbons (Fsp3) is 0.467. The molecule has 0 radical (unpaired) electrons. The molecule has 1 aliphatic rings. The summed E-state index contributed by atoms with van der Waals surface area (Å²) in [6.45, 7) is 0.947. The third-order valence-electron chi connectivity index (χ3n) is 4.17. The number of rotatable bonds is 3. The van der Waals surface area contributed by atoms with Crippen molar-refractivity contribution in [1.29, 1.82) is 0 Å². The molecular formula is C15H20N2O. The third kappa shape index (κ3) is 1.93. The number of hydrogen-bond donors (Lipinski definition) is 1. The number of benzene rings is 1. The number of hydrogen-bond acceptors (Lipinski definition) is 2. The van der Waals surface area contributed by atoms with E-state index in [1.165, 1.54) is 16.6 Å². The predicted octanol–water partition coefficient (Wildman–Crippen LogP) is 2.13. The smallest absolute Gasteiger partial charge is 0.0570 e. The van der Waals surface area contributed by atoms with E-state index >= 15 is 0 Å². The highest BCUT2D eigenvalue weighted by molar-refractivity contribution is 5.81. The summed E-state index contributed by atoms with van der Waals surface area (Å²) in [7, 11) is 4.27. The highest BCUT2D eigenvalue weighted by atomic mass is 16.3. The van der Waals surface area contributed by atoms with Gasteiger partial charge in [-0.05, 0) is 37.4 Å². The molecule has 3 nitrogen and oxygen atoms in total. The summed E-state index contributed by atoms with van der Waals surface area (Å²) in [5, 5.41) is 10.7. The Balaban J connectivity index is 1.80. The average molecular weight is 244 g/mol. The first-order valence-corrected chi connectivity index (χ1v) is 6.57. The topological polar surface area (TPSA) is 28.4 Å². The molecule has 0 saturated heterocycles. The standard InChI is InChI=1S/C15H20N2O/c1-16(12-8-14(18)9-12)10-13-7-11-5-3-4-6-15(11)17(13)2/h3-7,12,14,18H,8-10H2,1-2H3. The maximum atomic E-state index is 9.37. The molecule has 1 aromatic heterocycles. The van der Waals surface area contributed by atoms with Gasteiger partial charge in [0.15, 0.2) is 0 Å². The van der Waals surface area contributed by atoms with Crippen molar-refractivity contribution in [2.24, 2.45) is 7.05 Å². The third-order valence-corrected chi connectivity index (χ3v) is 4.17. The fourth-order valence-corrected chi connectivity index (χ4v) is 2.80.